The minimum atomic E-state index is -0.763. The van der Waals surface area contributed by atoms with Crippen LogP contribution >= 0.6 is 0 Å². The summed E-state index contributed by atoms with van der Waals surface area (Å²) in [4.78, 5) is 16.6. The maximum Gasteiger partial charge on any atom is 0.270 e. The van der Waals surface area contributed by atoms with E-state index >= 15 is 0 Å². The standard InChI is InChI=1S/C19H18FN3O3/c1-3-16(25-14-10-8-13(20)9-11-14)17(24)21-19-22-18(26-23-19)15-7-5-4-6-12(15)2/h4-11,16H,3H2,1-2H3,(H,21,23,24)/t16-/m1/s1. The van der Waals surface area contributed by atoms with Crippen molar-refractivity contribution in [2.45, 2.75) is 26.4 Å². The molecule has 3 rings (SSSR count). The van der Waals surface area contributed by atoms with E-state index in [0.29, 0.717) is 18.1 Å². The minimum absolute atomic E-state index is 0.0643. The lowest BCUT2D eigenvalue weighted by Gasteiger charge is -2.15. The van der Waals surface area contributed by atoms with Crippen molar-refractivity contribution in [3.05, 3.63) is 59.9 Å². The molecule has 6 nitrogen and oxygen atoms in total. The van der Waals surface area contributed by atoms with E-state index in [4.69, 9.17) is 9.26 Å². The number of carbonyl (C=O) groups is 1. The van der Waals surface area contributed by atoms with Crippen LogP contribution in [0.2, 0.25) is 0 Å². The zero-order valence-corrected chi connectivity index (χ0v) is 14.4. The van der Waals surface area contributed by atoms with Crippen molar-refractivity contribution in [1.82, 2.24) is 10.1 Å². The molecule has 7 heteroatoms. The van der Waals surface area contributed by atoms with Crippen molar-refractivity contribution in [1.29, 1.82) is 0 Å². The molecule has 0 radical (unpaired) electrons. The molecule has 1 N–H and O–H groups in total. The summed E-state index contributed by atoms with van der Waals surface area (Å²) in [5.41, 5.74) is 1.79. The predicted molar refractivity (Wildman–Crippen MR) is 94.2 cm³/mol. The molecule has 0 saturated carbocycles. The summed E-state index contributed by atoms with van der Waals surface area (Å²) >= 11 is 0. The van der Waals surface area contributed by atoms with E-state index in [1.807, 2.05) is 38.1 Å². The number of hydrogen-bond acceptors (Lipinski definition) is 5. The van der Waals surface area contributed by atoms with Gasteiger partial charge in [0.25, 0.3) is 17.7 Å². The number of anilines is 1. The quantitative estimate of drug-likeness (QED) is 0.724. The summed E-state index contributed by atoms with van der Waals surface area (Å²) in [5.74, 6) is 0.0155. The number of aromatic nitrogens is 2. The minimum Gasteiger partial charge on any atom is -0.481 e. The third-order valence-electron chi connectivity index (χ3n) is 3.79. The van der Waals surface area contributed by atoms with E-state index in [0.717, 1.165) is 11.1 Å². The smallest absolute Gasteiger partial charge is 0.270 e. The summed E-state index contributed by atoms with van der Waals surface area (Å²) in [6.07, 6.45) is -0.341. The molecule has 0 bridgehead atoms. The van der Waals surface area contributed by atoms with Gasteiger partial charge in [-0.2, -0.15) is 4.98 Å². The van der Waals surface area contributed by atoms with Gasteiger partial charge >= 0.3 is 0 Å². The molecule has 1 aromatic heterocycles. The lowest BCUT2D eigenvalue weighted by Crippen LogP contribution is -2.32. The van der Waals surface area contributed by atoms with Gasteiger partial charge in [-0.25, -0.2) is 4.39 Å². The van der Waals surface area contributed by atoms with Crippen molar-refractivity contribution in [2.75, 3.05) is 5.32 Å². The number of nitrogens with zero attached hydrogens (tertiary/aromatic N) is 2. The first-order valence-corrected chi connectivity index (χ1v) is 8.19. The first-order chi connectivity index (χ1) is 12.6. The Morgan fingerprint density at radius 1 is 1.23 bits per heavy atom. The maximum absolute atomic E-state index is 13.0. The van der Waals surface area contributed by atoms with Crippen molar-refractivity contribution in [3.63, 3.8) is 0 Å². The van der Waals surface area contributed by atoms with Gasteiger partial charge in [-0.3, -0.25) is 10.1 Å². The molecule has 1 atom stereocenters. The number of carbonyl (C=O) groups excluding carboxylic acids is 1. The van der Waals surface area contributed by atoms with Gasteiger partial charge in [0.05, 0.1) is 0 Å². The SMILES string of the molecule is CC[C@@H](Oc1ccc(F)cc1)C(=O)Nc1noc(-c2ccccc2C)n1. The van der Waals surface area contributed by atoms with Crippen molar-refractivity contribution in [3.8, 4) is 17.2 Å². The first kappa shape index (κ1) is 17.6. The predicted octanol–water partition coefficient (Wildman–Crippen LogP) is 3.98. The van der Waals surface area contributed by atoms with Gasteiger partial charge in [0.1, 0.15) is 11.6 Å². The highest BCUT2D eigenvalue weighted by Crippen LogP contribution is 2.22. The van der Waals surface area contributed by atoms with Crippen molar-refractivity contribution >= 4 is 11.9 Å². The van der Waals surface area contributed by atoms with Crippen molar-refractivity contribution in [2.24, 2.45) is 0 Å². The molecule has 1 heterocycles. The molecule has 0 saturated heterocycles. The molecule has 2 aromatic carbocycles. The summed E-state index contributed by atoms with van der Waals surface area (Å²) < 4.78 is 23.8. The van der Waals surface area contributed by atoms with Crippen LogP contribution < -0.4 is 10.1 Å². The molecule has 0 unspecified atom stereocenters. The van der Waals surface area contributed by atoms with E-state index in [9.17, 15) is 9.18 Å². The molecule has 134 valence electrons. The van der Waals surface area contributed by atoms with Crippen molar-refractivity contribution < 1.29 is 18.4 Å². The number of nitrogens with one attached hydrogen (secondary N) is 1. The Labute approximate surface area is 150 Å². The third kappa shape index (κ3) is 4.05. The Hall–Kier alpha value is -3.22. The average molecular weight is 355 g/mol. The highest BCUT2D eigenvalue weighted by molar-refractivity contribution is 5.92. The van der Waals surface area contributed by atoms with Gasteiger partial charge in [-0.1, -0.05) is 25.1 Å². The third-order valence-corrected chi connectivity index (χ3v) is 3.79. The van der Waals surface area contributed by atoms with Crippen LogP contribution in [-0.4, -0.2) is 22.2 Å². The van der Waals surface area contributed by atoms with Crippen LogP contribution in [0.5, 0.6) is 5.75 Å². The molecule has 0 aliphatic carbocycles. The molecule has 0 aliphatic rings. The molecule has 0 fully saturated rings. The van der Waals surface area contributed by atoms with E-state index in [2.05, 4.69) is 15.5 Å². The normalized spacial score (nSPS) is 11.8. The number of hydrogen-bond donors (Lipinski definition) is 1. The molecule has 0 spiro atoms. The Morgan fingerprint density at radius 3 is 2.65 bits per heavy atom. The molecular formula is C19H18FN3O3. The van der Waals surface area contributed by atoms with Gasteiger partial charge in [0.2, 0.25) is 0 Å². The second-order valence-electron chi connectivity index (χ2n) is 5.70. The van der Waals surface area contributed by atoms with Gasteiger partial charge in [0.15, 0.2) is 6.10 Å². The first-order valence-electron chi connectivity index (χ1n) is 8.19. The van der Waals surface area contributed by atoms with Crippen LogP contribution in [0.4, 0.5) is 10.3 Å². The van der Waals surface area contributed by atoms with Crippen LogP contribution in [-0.2, 0) is 4.79 Å². The highest BCUT2D eigenvalue weighted by atomic mass is 19.1. The number of aryl methyl sites for hydroxylation is 1. The Morgan fingerprint density at radius 2 is 1.96 bits per heavy atom. The van der Waals surface area contributed by atoms with Gasteiger partial charge in [0, 0.05) is 5.56 Å². The summed E-state index contributed by atoms with van der Waals surface area (Å²) in [6, 6.07) is 13.1. The van der Waals surface area contributed by atoms with Gasteiger partial charge < -0.3 is 9.26 Å². The highest BCUT2D eigenvalue weighted by Gasteiger charge is 2.21. The van der Waals surface area contributed by atoms with Crippen LogP contribution in [0.3, 0.4) is 0 Å². The fraction of sp³-hybridized carbons (Fsp3) is 0.211. The van der Waals surface area contributed by atoms with Gasteiger partial charge in [-0.05, 0) is 54.4 Å². The van der Waals surface area contributed by atoms with Crippen LogP contribution in [0, 0.1) is 12.7 Å². The molecular weight excluding hydrogens is 337 g/mol. The second kappa shape index (κ2) is 7.77. The van der Waals surface area contributed by atoms with E-state index < -0.39 is 12.0 Å². The Balaban J connectivity index is 1.68. The van der Waals surface area contributed by atoms with Crippen LogP contribution in [0.1, 0.15) is 18.9 Å². The summed E-state index contributed by atoms with van der Waals surface area (Å²) in [5, 5.41) is 6.37. The Bertz CT molecular complexity index is 893. The fourth-order valence-electron chi connectivity index (χ4n) is 2.39. The number of benzene rings is 2. The second-order valence-corrected chi connectivity index (χ2v) is 5.70. The lowest BCUT2D eigenvalue weighted by atomic mass is 10.1. The monoisotopic (exact) mass is 355 g/mol. The molecule has 0 aliphatic heterocycles. The molecule has 3 aromatic rings. The fourth-order valence-corrected chi connectivity index (χ4v) is 2.39. The number of halogens is 1. The zero-order chi connectivity index (χ0) is 18.5. The number of ether oxygens (including phenoxy) is 1. The molecule has 26 heavy (non-hydrogen) atoms. The largest absolute Gasteiger partial charge is 0.481 e. The number of amides is 1. The van der Waals surface area contributed by atoms with Crippen LogP contribution in [0.25, 0.3) is 11.5 Å². The Kier molecular flexibility index (Phi) is 5.26. The topological polar surface area (TPSA) is 77.2 Å². The maximum atomic E-state index is 13.0. The summed E-state index contributed by atoms with van der Waals surface area (Å²) in [7, 11) is 0. The molecule has 1 amide bonds. The lowest BCUT2D eigenvalue weighted by molar-refractivity contribution is -0.122. The van der Waals surface area contributed by atoms with Gasteiger partial charge in [-0.15, -0.1) is 0 Å². The average Bonchev–Trinajstić information content (AvgIpc) is 3.09. The summed E-state index contributed by atoms with van der Waals surface area (Å²) in [6.45, 7) is 3.74. The zero-order valence-electron chi connectivity index (χ0n) is 14.4. The number of rotatable bonds is 6. The van der Waals surface area contributed by atoms with Crippen LogP contribution in [0.15, 0.2) is 53.1 Å². The van der Waals surface area contributed by atoms with E-state index in [1.165, 1.54) is 24.3 Å². The van der Waals surface area contributed by atoms with E-state index in [1.54, 1.807) is 0 Å². The van der Waals surface area contributed by atoms with E-state index in [-0.39, 0.29) is 11.8 Å².